The lowest BCUT2D eigenvalue weighted by molar-refractivity contribution is 0.166. The summed E-state index contributed by atoms with van der Waals surface area (Å²) >= 11 is 0. The second-order valence-corrected chi connectivity index (χ2v) is 8.22. The molecule has 0 heterocycles. The molecule has 5 heteroatoms. The van der Waals surface area contributed by atoms with E-state index in [0.29, 0.717) is 0 Å². The van der Waals surface area contributed by atoms with E-state index in [1.807, 2.05) is 31.2 Å². The summed E-state index contributed by atoms with van der Waals surface area (Å²) < 4.78 is 35.9. The zero-order chi connectivity index (χ0) is 17.9. The minimum absolute atomic E-state index is 0.216. The minimum Gasteiger partial charge on any atom is -0.497 e. The molecule has 0 aromatic heterocycles. The smallest absolute Gasteiger partial charge is 0.297 e. The zero-order valence-corrected chi connectivity index (χ0v) is 15.5. The molecule has 1 aliphatic rings. The van der Waals surface area contributed by atoms with Gasteiger partial charge in [-0.1, -0.05) is 36.2 Å². The second kappa shape index (κ2) is 7.58. The molecule has 0 aliphatic heterocycles. The molecule has 2 aromatic carbocycles. The normalized spacial score (nSPS) is 20.6. The van der Waals surface area contributed by atoms with Crippen LogP contribution in [0.1, 0.15) is 30.4 Å². The van der Waals surface area contributed by atoms with Gasteiger partial charge in [0.2, 0.25) is 0 Å². The number of hydrogen-bond acceptors (Lipinski definition) is 4. The Morgan fingerprint density at radius 2 is 1.68 bits per heavy atom. The Bertz CT molecular complexity index is 795. The van der Waals surface area contributed by atoms with Crippen LogP contribution in [0.4, 0.5) is 0 Å². The fraction of sp³-hybridized carbons (Fsp3) is 0.400. The van der Waals surface area contributed by atoms with E-state index in [0.717, 1.165) is 37.0 Å². The van der Waals surface area contributed by atoms with E-state index >= 15 is 0 Å². The number of benzene rings is 2. The first-order valence-corrected chi connectivity index (χ1v) is 10.0. The molecule has 2 aromatic rings. The molecule has 134 valence electrons. The highest BCUT2D eigenvalue weighted by atomic mass is 32.2. The summed E-state index contributed by atoms with van der Waals surface area (Å²) in [6.07, 6.45) is 3.33. The van der Waals surface area contributed by atoms with Gasteiger partial charge in [0.05, 0.1) is 18.1 Å². The van der Waals surface area contributed by atoms with Gasteiger partial charge in [0, 0.05) is 0 Å². The van der Waals surface area contributed by atoms with Gasteiger partial charge in [-0.05, 0) is 61.9 Å². The van der Waals surface area contributed by atoms with Crippen molar-refractivity contribution in [1.82, 2.24) is 0 Å². The van der Waals surface area contributed by atoms with Crippen LogP contribution >= 0.6 is 0 Å². The summed E-state index contributed by atoms with van der Waals surface area (Å²) in [5, 5.41) is 0. The summed E-state index contributed by atoms with van der Waals surface area (Å²) in [4.78, 5) is 0.230. The Kier molecular flexibility index (Phi) is 5.45. The van der Waals surface area contributed by atoms with E-state index in [9.17, 15) is 8.42 Å². The first-order valence-electron chi connectivity index (χ1n) is 8.61. The summed E-state index contributed by atoms with van der Waals surface area (Å²) in [5.41, 5.74) is 2.20. The van der Waals surface area contributed by atoms with E-state index in [-0.39, 0.29) is 16.9 Å². The van der Waals surface area contributed by atoms with E-state index in [1.165, 1.54) is 5.56 Å². The standard InChI is InChI=1S/C20H24O4S/c1-15-6-12-19(13-7-15)25(21,22)24-20-5-3-4-17(20)14-16-8-10-18(23-2)11-9-16/h6-13,17,20H,3-5,14H2,1-2H3/t17-,20-/m1/s1. The first kappa shape index (κ1) is 18.0. The van der Waals surface area contributed by atoms with Crippen LogP contribution in [-0.2, 0) is 20.7 Å². The lowest BCUT2D eigenvalue weighted by Gasteiger charge is -2.20. The van der Waals surface area contributed by atoms with E-state index in [4.69, 9.17) is 8.92 Å². The molecule has 0 bridgehead atoms. The molecular formula is C20H24O4S. The maximum atomic E-state index is 12.5. The molecule has 3 rings (SSSR count). The van der Waals surface area contributed by atoms with Gasteiger partial charge in [-0.15, -0.1) is 0 Å². The van der Waals surface area contributed by atoms with Gasteiger partial charge in [-0.3, -0.25) is 4.18 Å². The number of rotatable bonds is 6. The lowest BCUT2D eigenvalue weighted by atomic mass is 9.96. The summed E-state index contributed by atoms with van der Waals surface area (Å²) in [7, 11) is -2.07. The molecule has 0 radical (unpaired) electrons. The van der Waals surface area contributed by atoms with Crippen molar-refractivity contribution >= 4 is 10.1 Å². The van der Waals surface area contributed by atoms with Gasteiger partial charge in [0.1, 0.15) is 5.75 Å². The molecule has 0 amide bonds. The van der Waals surface area contributed by atoms with Crippen LogP contribution in [0, 0.1) is 12.8 Å². The Labute approximate surface area is 149 Å². The van der Waals surface area contributed by atoms with E-state index < -0.39 is 10.1 Å². The van der Waals surface area contributed by atoms with Crippen LogP contribution in [0.15, 0.2) is 53.4 Å². The van der Waals surface area contributed by atoms with E-state index in [1.54, 1.807) is 31.4 Å². The Balaban J connectivity index is 1.69. The van der Waals surface area contributed by atoms with E-state index in [2.05, 4.69) is 0 Å². The SMILES string of the molecule is COc1ccc(C[C@H]2CCC[C@H]2OS(=O)(=O)c2ccc(C)cc2)cc1. The van der Waals surface area contributed by atoms with Crippen LogP contribution in [0.5, 0.6) is 5.75 Å². The predicted molar refractivity (Wildman–Crippen MR) is 97.3 cm³/mol. The van der Waals surface area contributed by atoms with Gasteiger partial charge >= 0.3 is 0 Å². The highest BCUT2D eigenvalue weighted by molar-refractivity contribution is 7.86. The molecular weight excluding hydrogens is 336 g/mol. The third kappa shape index (κ3) is 4.41. The van der Waals surface area contributed by atoms with Gasteiger partial charge in [0.25, 0.3) is 10.1 Å². The number of aryl methyl sites for hydroxylation is 1. The highest BCUT2D eigenvalue weighted by Gasteiger charge is 2.32. The van der Waals surface area contributed by atoms with Crippen molar-refractivity contribution in [3.63, 3.8) is 0 Å². The Morgan fingerprint density at radius 3 is 2.32 bits per heavy atom. The van der Waals surface area contributed by atoms with Crippen LogP contribution in [0.25, 0.3) is 0 Å². The van der Waals surface area contributed by atoms with Crippen molar-refractivity contribution in [2.45, 2.75) is 43.6 Å². The highest BCUT2D eigenvalue weighted by Crippen LogP contribution is 2.33. The molecule has 25 heavy (non-hydrogen) atoms. The number of hydrogen-bond donors (Lipinski definition) is 0. The summed E-state index contributed by atoms with van der Waals surface area (Å²) in [5.74, 6) is 1.04. The molecule has 0 unspecified atom stereocenters. The van der Waals surface area contributed by atoms with Gasteiger partial charge in [-0.25, -0.2) is 0 Å². The van der Waals surface area contributed by atoms with Crippen molar-refractivity contribution in [3.8, 4) is 5.75 Å². The maximum Gasteiger partial charge on any atom is 0.297 e. The second-order valence-electron chi connectivity index (χ2n) is 6.65. The maximum absolute atomic E-state index is 12.5. The molecule has 0 saturated heterocycles. The van der Waals surface area contributed by atoms with Gasteiger partial charge in [0.15, 0.2) is 0 Å². The quantitative estimate of drug-likeness (QED) is 0.727. The molecule has 2 atom stereocenters. The third-order valence-corrected chi connectivity index (χ3v) is 6.16. The zero-order valence-electron chi connectivity index (χ0n) is 14.6. The fourth-order valence-corrected chi connectivity index (χ4v) is 4.51. The topological polar surface area (TPSA) is 52.6 Å². The van der Waals surface area contributed by atoms with Crippen molar-refractivity contribution in [2.75, 3.05) is 7.11 Å². The molecule has 1 saturated carbocycles. The molecule has 1 aliphatic carbocycles. The molecule has 4 nitrogen and oxygen atoms in total. The van der Waals surface area contributed by atoms with Crippen molar-refractivity contribution < 1.29 is 17.3 Å². The summed E-state index contributed by atoms with van der Waals surface area (Å²) in [6, 6.07) is 14.7. The van der Waals surface area contributed by atoms with Crippen LogP contribution in [0.2, 0.25) is 0 Å². The third-order valence-electron chi connectivity index (χ3n) is 4.81. The monoisotopic (exact) mass is 360 g/mol. The molecule has 1 fully saturated rings. The average molecular weight is 360 g/mol. The Morgan fingerprint density at radius 1 is 1.00 bits per heavy atom. The number of methoxy groups -OCH3 is 1. The molecule has 0 spiro atoms. The lowest BCUT2D eigenvalue weighted by Crippen LogP contribution is -2.24. The first-order chi connectivity index (χ1) is 12.0. The largest absolute Gasteiger partial charge is 0.497 e. The van der Waals surface area contributed by atoms with Crippen LogP contribution in [0.3, 0.4) is 0 Å². The average Bonchev–Trinajstić information content (AvgIpc) is 3.02. The minimum atomic E-state index is -3.72. The van der Waals surface area contributed by atoms with Gasteiger partial charge in [-0.2, -0.15) is 8.42 Å². The van der Waals surface area contributed by atoms with Crippen LogP contribution < -0.4 is 4.74 Å². The van der Waals surface area contributed by atoms with Crippen molar-refractivity contribution in [1.29, 1.82) is 0 Å². The predicted octanol–water partition coefficient (Wildman–Crippen LogP) is 4.12. The van der Waals surface area contributed by atoms with Crippen molar-refractivity contribution in [2.24, 2.45) is 5.92 Å². The summed E-state index contributed by atoms with van der Waals surface area (Å²) in [6.45, 7) is 1.93. The van der Waals surface area contributed by atoms with Crippen LogP contribution in [-0.4, -0.2) is 21.6 Å². The fourth-order valence-electron chi connectivity index (χ4n) is 3.35. The van der Waals surface area contributed by atoms with Gasteiger partial charge < -0.3 is 4.74 Å². The Hall–Kier alpha value is -1.85. The number of ether oxygens (including phenoxy) is 1. The van der Waals surface area contributed by atoms with Crippen molar-refractivity contribution in [3.05, 3.63) is 59.7 Å². The molecule has 0 N–H and O–H groups in total.